The molecule has 0 radical (unpaired) electrons. The monoisotopic (exact) mass is 283 g/mol. The Morgan fingerprint density at radius 3 is 2.81 bits per heavy atom. The van der Waals surface area contributed by atoms with E-state index in [9.17, 15) is 4.79 Å². The van der Waals surface area contributed by atoms with Gasteiger partial charge in [0.25, 0.3) is 0 Å². The van der Waals surface area contributed by atoms with Gasteiger partial charge in [0.1, 0.15) is 13.2 Å². The fourth-order valence-corrected chi connectivity index (χ4v) is 2.32. The number of nitrogens with zero attached hydrogens (tertiary/aromatic N) is 1. The second-order valence-corrected chi connectivity index (χ2v) is 4.94. The Morgan fingerprint density at radius 1 is 1.19 bits per heavy atom. The van der Waals surface area contributed by atoms with Crippen LogP contribution in [0.4, 0.5) is 0 Å². The highest BCUT2D eigenvalue weighted by molar-refractivity contribution is 6.00. The third-order valence-electron chi connectivity index (χ3n) is 3.50. The maximum Gasteiger partial charge on any atom is 0.172 e. The van der Waals surface area contributed by atoms with Crippen molar-refractivity contribution in [2.75, 3.05) is 13.2 Å². The minimum absolute atomic E-state index is 0.00546. The number of ketones is 1. The molecule has 4 heteroatoms. The maximum atomic E-state index is 12.5. The van der Waals surface area contributed by atoms with Crippen LogP contribution in [0.25, 0.3) is 0 Å². The Labute approximate surface area is 123 Å². The van der Waals surface area contributed by atoms with Crippen molar-refractivity contribution >= 4 is 5.78 Å². The third-order valence-corrected chi connectivity index (χ3v) is 3.50. The Bertz CT molecular complexity index is 650. The van der Waals surface area contributed by atoms with Gasteiger partial charge in [0.05, 0.1) is 12.0 Å². The molecule has 0 N–H and O–H groups in total. The molecule has 0 saturated heterocycles. The Morgan fingerprint density at radius 2 is 2.05 bits per heavy atom. The number of hydrogen-bond donors (Lipinski definition) is 0. The second kappa shape index (κ2) is 5.95. The number of pyridine rings is 1. The van der Waals surface area contributed by atoms with Gasteiger partial charge in [-0.3, -0.25) is 9.78 Å². The zero-order chi connectivity index (χ0) is 14.7. The van der Waals surface area contributed by atoms with Gasteiger partial charge in [-0.15, -0.1) is 0 Å². The number of aromatic nitrogens is 1. The van der Waals surface area contributed by atoms with Gasteiger partial charge in [0.2, 0.25) is 0 Å². The highest BCUT2D eigenvalue weighted by Crippen LogP contribution is 2.34. The third kappa shape index (κ3) is 2.89. The molecule has 0 atom stereocenters. The largest absolute Gasteiger partial charge is 0.486 e. The van der Waals surface area contributed by atoms with E-state index in [1.54, 1.807) is 6.07 Å². The lowest BCUT2D eigenvalue weighted by atomic mass is 10.0. The summed E-state index contributed by atoms with van der Waals surface area (Å²) in [6, 6.07) is 9.32. The molecule has 2 aromatic rings. The average molecular weight is 283 g/mol. The van der Waals surface area contributed by atoms with E-state index in [1.165, 1.54) is 5.56 Å². The van der Waals surface area contributed by atoms with E-state index >= 15 is 0 Å². The molecule has 4 nitrogen and oxygen atoms in total. The fraction of sp³-hybridized carbons (Fsp3) is 0.294. The van der Waals surface area contributed by atoms with Crippen molar-refractivity contribution in [2.24, 2.45) is 0 Å². The zero-order valence-electron chi connectivity index (χ0n) is 12.0. The van der Waals surface area contributed by atoms with E-state index in [2.05, 4.69) is 11.9 Å². The van der Waals surface area contributed by atoms with Crippen molar-refractivity contribution in [2.45, 2.75) is 19.8 Å². The van der Waals surface area contributed by atoms with Gasteiger partial charge in [0, 0.05) is 11.9 Å². The normalized spacial score (nSPS) is 13.0. The molecule has 0 spiro atoms. The Hall–Kier alpha value is -2.36. The molecule has 1 aliphatic heterocycles. The Balaban J connectivity index is 1.82. The minimum atomic E-state index is -0.00546. The number of hydrogen-bond acceptors (Lipinski definition) is 4. The molecule has 1 aromatic carbocycles. The van der Waals surface area contributed by atoms with Crippen LogP contribution in [-0.2, 0) is 12.8 Å². The summed E-state index contributed by atoms with van der Waals surface area (Å²) in [6.07, 6.45) is 3.03. The van der Waals surface area contributed by atoms with Gasteiger partial charge in [-0.1, -0.05) is 19.1 Å². The minimum Gasteiger partial charge on any atom is -0.486 e. The SMILES string of the molecule is CCc1ccc(CC(=O)c2cccc3c2OCCO3)nc1. The number of fused-ring (bicyclic) bond motifs is 1. The average Bonchev–Trinajstić information content (AvgIpc) is 2.55. The molecule has 0 bridgehead atoms. The lowest BCUT2D eigenvalue weighted by Crippen LogP contribution is -2.18. The van der Waals surface area contributed by atoms with Gasteiger partial charge in [-0.25, -0.2) is 0 Å². The van der Waals surface area contributed by atoms with Crippen LogP contribution in [0, 0.1) is 0 Å². The number of ether oxygens (including phenoxy) is 2. The van der Waals surface area contributed by atoms with Crippen molar-refractivity contribution in [1.29, 1.82) is 0 Å². The predicted octanol–water partition coefficient (Wildman–Crippen LogP) is 2.84. The number of benzene rings is 1. The first-order valence-electron chi connectivity index (χ1n) is 7.13. The topological polar surface area (TPSA) is 48.4 Å². The van der Waals surface area contributed by atoms with Crippen LogP contribution in [0.3, 0.4) is 0 Å². The molecule has 3 rings (SSSR count). The van der Waals surface area contributed by atoms with Gasteiger partial charge in [-0.2, -0.15) is 0 Å². The van der Waals surface area contributed by atoms with E-state index < -0.39 is 0 Å². The highest BCUT2D eigenvalue weighted by Gasteiger charge is 2.20. The van der Waals surface area contributed by atoms with Crippen LogP contribution in [0.15, 0.2) is 36.5 Å². The summed E-state index contributed by atoms with van der Waals surface area (Å²) in [4.78, 5) is 16.8. The highest BCUT2D eigenvalue weighted by atomic mass is 16.6. The molecule has 0 fully saturated rings. The second-order valence-electron chi connectivity index (χ2n) is 4.94. The molecule has 0 saturated carbocycles. The molecule has 0 unspecified atom stereocenters. The lowest BCUT2D eigenvalue weighted by Gasteiger charge is -2.20. The van der Waals surface area contributed by atoms with Gasteiger partial charge < -0.3 is 9.47 Å². The fourth-order valence-electron chi connectivity index (χ4n) is 2.32. The van der Waals surface area contributed by atoms with E-state index in [-0.39, 0.29) is 12.2 Å². The van der Waals surface area contributed by atoms with E-state index in [0.717, 1.165) is 12.1 Å². The van der Waals surface area contributed by atoms with E-state index in [0.29, 0.717) is 30.3 Å². The number of carbonyl (C=O) groups excluding carboxylic acids is 1. The lowest BCUT2D eigenvalue weighted by molar-refractivity contribution is 0.0980. The van der Waals surface area contributed by atoms with Gasteiger partial charge in [0.15, 0.2) is 17.3 Å². The van der Waals surface area contributed by atoms with E-state index in [4.69, 9.17) is 9.47 Å². The molecule has 1 aromatic heterocycles. The van der Waals surface area contributed by atoms with Crippen molar-refractivity contribution in [1.82, 2.24) is 4.98 Å². The smallest absolute Gasteiger partial charge is 0.172 e. The number of rotatable bonds is 4. The van der Waals surface area contributed by atoms with Gasteiger partial charge >= 0.3 is 0 Å². The molecule has 21 heavy (non-hydrogen) atoms. The van der Waals surface area contributed by atoms with Crippen LogP contribution in [0.5, 0.6) is 11.5 Å². The summed E-state index contributed by atoms with van der Waals surface area (Å²) < 4.78 is 11.1. The molecule has 0 amide bonds. The van der Waals surface area contributed by atoms with Gasteiger partial charge in [-0.05, 0) is 30.2 Å². The van der Waals surface area contributed by atoms with Crippen molar-refractivity contribution < 1.29 is 14.3 Å². The summed E-state index contributed by atoms with van der Waals surface area (Å²) in [5.74, 6) is 1.19. The summed E-state index contributed by atoms with van der Waals surface area (Å²) in [7, 11) is 0. The maximum absolute atomic E-state index is 12.5. The predicted molar refractivity (Wildman–Crippen MR) is 79.1 cm³/mol. The van der Waals surface area contributed by atoms with Crippen LogP contribution >= 0.6 is 0 Å². The number of aryl methyl sites for hydroxylation is 1. The first-order chi connectivity index (χ1) is 10.3. The standard InChI is InChI=1S/C17H17NO3/c1-2-12-6-7-13(18-11-12)10-15(19)14-4-3-5-16-17(14)21-9-8-20-16/h3-7,11H,2,8-10H2,1H3. The first-order valence-corrected chi connectivity index (χ1v) is 7.13. The summed E-state index contributed by atoms with van der Waals surface area (Å²) in [6.45, 7) is 3.07. The molecule has 0 aliphatic carbocycles. The molecular weight excluding hydrogens is 266 g/mol. The molecule has 1 aliphatic rings. The summed E-state index contributed by atoms with van der Waals surface area (Å²) >= 11 is 0. The molecule has 108 valence electrons. The van der Waals surface area contributed by atoms with Crippen LogP contribution < -0.4 is 9.47 Å². The first kappa shape index (κ1) is 13.6. The Kier molecular flexibility index (Phi) is 3.86. The van der Waals surface area contributed by atoms with Crippen LogP contribution in [-0.4, -0.2) is 24.0 Å². The number of carbonyl (C=O) groups is 1. The number of Topliss-reactive ketones (excluding diaryl/α,β-unsaturated/α-hetero) is 1. The quantitative estimate of drug-likeness (QED) is 0.810. The van der Waals surface area contributed by atoms with Crippen molar-refractivity contribution in [3.8, 4) is 11.5 Å². The summed E-state index contributed by atoms with van der Waals surface area (Å²) in [5, 5.41) is 0. The van der Waals surface area contributed by atoms with E-state index in [1.807, 2.05) is 30.5 Å². The number of para-hydroxylation sites is 1. The van der Waals surface area contributed by atoms with Crippen LogP contribution in [0.1, 0.15) is 28.5 Å². The van der Waals surface area contributed by atoms with Crippen LogP contribution in [0.2, 0.25) is 0 Å². The summed E-state index contributed by atoms with van der Waals surface area (Å²) in [5.41, 5.74) is 2.50. The zero-order valence-corrected chi connectivity index (χ0v) is 12.0. The molecular formula is C17H17NO3. The molecule has 2 heterocycles. The van der Waals surface area contributed by atoms with Crippen molar-refractivity contribution in [3.63, 3.8) is 0 Å². The van der Waals surface area contributed by atoms with Crippen molar-refractivity contribution in [3.05, 3.63) is 53.3 Å².